The Morgan fingerprint density at radius 2 is 2.07 bits per heavy atom. The van der Waals surface area contributed by atoms with E-state index in [2.05, 4.69) is 16.4 Å². The lowest BCUT2D eigenvalue weighted by Crippen LogP contribution is -2.14. The standard InChI is InChI=1S/C21H20N4O3S2/c1-3-28-21(27)18-12(2)15(10-23)20(30-18)25-17(26)11-29-19-14(9-22)8-13-6-4-5-7-16(13)24-19/h8H,3-7,11H2,1-2H3,(H,25,26). The van der Waals surface area contributed by atoms with Crippen LogP contribution >= 0.6 is 23.1 Å². The zero-order valence-corrected chi connectivity index (χ0v) is 18.3. The summed E-state index contributed by atoms with van der Waals surface area (Å²) in [6, 6.07) is 6.08. The number of rotatable bonds is 6. The number of ether oxygens (including phenoxy) is 1. The first kappa shape index (κ1) is 21.8. The molecule has 9 heteroatoms. The Kier molecular flexibility index (Phi) is 7.09. The van der Waals surface area contributed by atoms with E-state index in [0.29, 0.717) is 26.0 Å². The number of hydrogen-bond acceptors (Lipinski definition) is 8. The van der Waals surface area contributed by atoms with E-state index in [1.807, 2.05) is 12.1 Å². The highest BCUT2D eigenvalue weighted by molar-refractivity contribution is 8.00. The van der Waals surface area contributed by atoms with Gasteiger partial charge in [0.2, 0.25) is 5.91 Å². The van der Waals surface area contributed by atoms with Gasteiger partial charge in [-0.25, -0.2) is 9.78 Å². The van der Waals surface area contributed by atoms with Crippen molar-refractivity contribution in [2.45, 2.75) is 44.6 Å². The SMILES string of the molecule is CCOC(=O)c1sc(NC(=O)CSc2nc3c(cc2C#N)CCCC3)c(C#N)c1C. The van der Waals surface area contributed by atoms with Crippen LogP contribution < -0.4 is 5.32 Å². The van der Waals surface area contributed by atoms with Crippen LogP contribution in [-0.4, -0.2) is 29.2 Å². The molecule has 2 aromatic rings. The van der Waals surface area contributed by atoms with Gasteiger partial charge >= 0.3 is 5.97 Å². The molecule has 3 rings (SSSR count). The minimum Gasteiger partial charge on any atom is -0.462 e. The van der Waals surface area contributed by atoms with Crippen LogP contribution in [0.5, 0.6) is 0 Å². The highest BCUT2D eigenvalue weighted by atomic mass is 32.2. The first-order chi connectivity index (χ1) is 14.5. The number of anilines is 1. The molecule has 1 aliphatic carbocycles. The number of nitrogens with one attached hydrogen (secondary N) is 1. The third-order valence-corrected chi connectivity index (χ3v) is 6.88. The minimum atomic E-state index is -0.511. The third-order valence-electron chi connectivity index (χ3n) is 4.70. The quantitative estimate of drug-likeness (QED) is 0.533. The number of amides is 1. The summed E-state index contributed by atoms with van der Waals surface area (Å²) in [6.07, 6.45) is 4.00. The number of hydrogen-bond donors (Lipinski definition) is 1. The van der Waals surface area contributed by atoms with Crippen LogP contribution in [-0.2, 0) is 22.4 Å². The lowest BCUT2D eigenvalue weighted by molar-refractivity contribution is -0.113. The fourth-order valence-electron chi connectivity index (χ4n) is 3.23. The highest BCUT2D eigenvalue weighted by Crippen LogP contribution is 2.33. The summed E-state index contributed by atoms with van der Waals surface area (Å²) in [5.41, 5.74) is 3.34. The van der Waals surface area contributed by atoms with E-state index >= 15 is 0 Å². The number of carbonyl (C=O) groups is 2. The topological polar surface area (TPSA) is 116 Å². The van der Waals surface area contributed by atoms with Crippen molar-refractivity contribution in [2.75, 3.05) is 17.7 Å². The van der Waals surface area contributed by atoms with Crippen molar-refractivity contribution in [1.82, 2.24) is 4.98 Å². The van der Waals surface area contributed by atoms with E-state index in [4.69, 9.17) is 4.74 Å². The fraction of sp³-hybridized carbons (Fsp3) is 0.381. The third kappa shape index (κ3) is 4.64. The molecular weight excluding hydrogens is 420 g/mol. The Hall–Kier alpha value is -2.88. The zero-order valence-electron chi connectivity index (χ0n) is 16.7. The molecule has 2 aromatic heterocycles. The number of carbonyl (C=O) groups excluding carboxylic acids is 2. The molecule has 0 radical (unpaired) electrons. The van der Waals surface area contributed by atoms with Gasteiger partial charge in [0.25, 0.3) is 0 Å². The number of thiophene rings is 1. The molecule has 7 nitrogen and oxygen atoms in total. The van der Waals surface area contributed by atoms with Gasteiger partial charge in [0.15, 0.2) is 0 Å². The minimum absolute atomic E-state index is 0.0387. The number of nitrogens with zero attached hydrogens (tertiary/aromatic N) is 3. The smallest absolute Gasteiger partial charge is 0.348 e. The van der Waals surface area contributed by atoms with Gasteiger partial charge in [0, 0.05) is 5.69 Å². The van der Waals surface area contributed by atoms with Crippen molar-refractivity contribution < 1.29 is 14.3 Å². The Balaban J connectivity index is 1.73. The molecule has 1 amide bonds. The van der Waals surface area contributed by atoms with Gasteiger partial charge in [0.05, 0.1) is 23.5 Å². The van der Waals surface area contributed by atoms with Gasteiger partial charge in [-0.3, -0.25) is 4.79 Å². The summed E-state index contributed by atoms with van der Waals surface area (Å²) in [7, 11) is 0. The second-order valence-electron chi connectivity index (χ2n) is 6.70. The highest BCUT2D eigenvalue weighted by Gasteiger charge is 2.22. The second-order valence-corrected chi connectivity index (χ2v) is 8.68. The maximum atomic E-state index is 12.5. The molecular formula is C21H20N4O3S2. The van der Waals surface area contributed by atoms with Crippen LogP contribution in [0.1, 0.15) is 57.4 Å². The van der Waals surface area contributed by atoms with E-state index in [0.717, 1.165) is 48.3 Å². The van der Waals surface area contributed by atoms with Crippen LogP contribution in [0.2, 0.25) is 0 Å². The second kappa shape index (κ2) is 9.75. The predicted octanol–water partition coefficient (Wildman–Crippen LogP) is 3.98. The van der Waals surface area contributed by atoms with Crippen LogP contribution in [0, 0.1) is 29.6 Å². The lowest BCUT2D eigenvalue weighted by atomic mass is 9.95. The Morgan fingerprint density at radius 3 is 2.77 bits per heavy atom. The van der Waals surface area contributed by atoms with Crippen molar-refractivity contribution in [3.8, 4) is 12.1 Å². The van der Waals surface area contributed by atoms with Gasteiger partial charge in [-0.1, -0.05) is 11.8 Å². The van der Waals surface area contributed by atoms with Crippen LogP contribution in [0.15, 0.2) is 11.1 Å². The maximum Gasteiger partial charge on any atom is 0.348 e. The molecule has 0 spiro atoms. The molecule has 154 valence electrons. The number of esters is 1. The zero-order chi connectivity index (χ0) is 21.7. The molecule has 0 aliphatic heterocycles. The van der Waals surface area contributed by atoms with E-state index in [1.165, 1.54) is 11.8 Å². The van der Waals surface area contributed by atoms with Gasteiger partial charge in [-0.2, -0.15) is 10.5 Å². The van der Waals surface area contributed by atoms with Crippen molar-refractivity contribution in [3.05, 3.63) is 38.9 Å². The molecule has 2 heterocycles. The van der Waals surface area contributed by atoms with Crippen molar-refractivity contribution in [3.63, 3.8) is 0 Å². The predicted molar refractivity (Wildman–Crippen MR) is 115 cm³/mol. The van der Waals surface area contributed by atoms with Crippen molar-refractivity contribution in [2.24, 2.45) is 0 Å². The molecule has 0 unspecified atom stereocenters. The van der Waals surface area contributed by atoms with Crippen LogP contribution in [0.25, 0.3) is 0 Å². The summed E-state index contributed by atoms with van der Waals surface area (Å²) in [5, 5.41) is 22.4. The molecule has 0 atom stereocenters. The Morgan fingerprint density at radius 1 is 1.30 bits per heavy atom. The van der Waals surface area contributed by atoms with E-state index in [9.17, 15) is 20.1 Å². The Bertz CT molecular complexity index is 1080. The summed E-state index contributed by atoms with van der Waals surface area (Å²) in [6.45, 7) is 3.59. The van der Waals surface area contributed by atoms with Crippen LogP contribution in [0.4, 0.5) is 5.00 Å². The summed E-state index contributed by atoms with van der Waals surface area (Å²) in [4.78, 5) is 29.5. The molecule has 30 heavy (non-hydrogen) atoms. The molecule has 0 bridgehead atoms. The first-order valence-electron chi connectivity index (χ1n) is 9.54. The average molecular weight is 441 g/mol. The first-order valence-corrected chi connectivity index (χ1v) is 11.3. The van der Waals surface area contributed by atoms with E-state index in [-0.39, 0.29) is 23.8 Å². The number of aromatic nitrogens is 1. The molecule has 0 aromatic carbocycles. The number of thioether (sulfide) groups is 1. The molecule has 0 fully saturated rings. The fourth-order valence-corrected chi connectivity index (χ4v) is 5.07. The molecule has 1 N–H and O–H groups in total. The van der Waals surface area contributed by atoms with Gasteiger partial charge in [0.1, 0.15) is 27.0 Å². The summed E-state index contributed by atoms with van der Waals surface area (Å²) < 4.78 is 5.01. The Labute approximate surface area is 183 Å². The van der Waals surface area contributed by atoms with Gasteiger partial charge in [-0.05, 0) is 56.7 Å². The summed E-state index contributed by atoms with van der Waals surface area (Å²) >= 11 is 2.22. The lowest BCUT2D eigenvalue weighted by Gasteiger charge is -2.16. The van der Waals surface area contributed by atoms with E-state index in [1.54, 1.807) is 13.8 Å². The molecule has 0 saturated heterocycles. The van der Waals surface area contributed by atoms with Crippen molar-refractivity contribution >= 4 is 40.0 Å². The maximum absolute atomic E-state index is 12.5. The average Bonchev–Trinajstić information content (AvgIpc) is 3.06. The van der Waals surface area contributed by atoms with Crippen molar-refractivity contribution in [1.29, 1.82) is 10.5 Å². The number of nitriles is 2. The number of pyridine rings is 1. The van der Waals surface area contributed by atoms with E-state index < -0.39 is 5.97 Å². The number of fused-ring (bicyclic) bond motifs is 1. The molecule has 1 aliphatic rings. The van der Waals surface area contributed by atoms with Gasteiger partial charge in [-0.15, -0.1) is 11.3 Å². The molecule has 0 saturated carbocycles. The van der Waals surface area contributed by atoms with Crippen LogP contribution in [0.3, 0.4) is 0 Å². The van der Waals surface area contributed by atoms with Gasteiger partial charge < -0.3 is 10.1 Å². The monoisotopic (exact) mass is 440 g/mol. The summed E-state index contributed by atoms with van der Waals surface area (Å²) in [5.74, 6) is -0.809. The largest absolute Gasteiger partial charge is 0.462 e. The normalized spacial score (nSPS) is 12.4. The number of aryl methyl sites for hydroxylation is 2.